The Balaban J connectivity index is 2.12. The quantitative estimate of drug-likeness (QED) is 0.745. The van der Waals surface area contributed by atoms with Gasteiger partial charge in [0.05, 0.1) is 10.2 Å². The van der Waals surface area contributed by atoms with Crippen LogP contribution in [0.5, 0.6) is 0 Å². The van der Waals surface area contributed by atoms with E-state index < -0.39 is 13.7 Å². The summed E-state index contributed by atoms with van der Waals surface area (Å²) in [6, 6.07) is 17.2. The zero-order valence-corrected chi connectivity index (χ0v) is 11.8. The molecule has 2 atom stereocenters. The number of benzene rings is 2. The molecule has 5 heteroatoms. The fraction of sp³-hybridized carbons (Fsp3) is 0.0714. The highest BCUT2D eigenvalue weighted by molar-refractivity contribution is 7.39. The number of fused-ring (bicyclic) bond motifs is 1. The van der Waals surface area contributed by atoms with Crippen LogP contribution in [-0.4, -0.2) is 9.88 Å². The van der Waals surface area contributed by atoms with Gasteiger partial charge in [0.2, 0.25) is 8.03 Å². The number of hydrogen-bond acceptors (Lipinski definition) is 3. The van der Waals surface area contributed by atoms with Crippen LogP contribution in [0.25, 0.3) is 10.2 Å². The van der Waals surface area contributed by atoms with E-state index in [9.17, 15) is 9.46 Å². The van der Waals surface area contributed by atoms with Gasteiger partial charge in [-0.15, -0.1) is 11.3 Å². The molecule has 0 radical (unpaired) electrons. The number of rotatable bonds is 3. The molecule has 0 aliphatic heterocycles. The largest absolute Gasteiger partial charge is 0.346 e. The van der Waals surface area contributed by atoms with Crippen molar-refractivity contribution in [1.82, 2.24) is 4.98 Å². The number of para-hydroxylation sites is 1. The van der Waals surface area contributed by atoms with Crippen molar-refractivity contribution < 1.29 is 9.46 Å². The maximum absolute atomic E-state index is 11.7. The van der Waals surface area contributed by atoms with Crippen molar-refractivity contribution in [3.63, 3.8) is 0 Å². The zero-order chi connectivity index (χ0) is 13.2. The summed E-state index contributed by atoms with van der Waals surface area (Å²) in [4.78, 5) is 14.2. The van der Waals surface area contributed by atoms with Gasteiger partial charge in [-0.2, -0.15) is 0 Å². The summed E-state index contributed by atoms with van der Waals surface area (Å²) in [6.07, 6.45) is 0. The molecule has 2 aromatic carbocycles. The van der Waals surface area contributed by atoms with E-state index in [1.807, 2.05) is 54.6 Å². The fourth-order valence-corrected chi connectivity index (χ4v) is 4.27. The van der Waals surface area contributed by atoms with Crippen LogP contribution in [-0.2, 0) is 4.57 Å². The third kappa shape index (κ3) is 2.47. The standard InChI is InChI=1S/C14H12NO2PS/c16-18(17)13(10-6-2-1-3-7-10)14-15-11-8-4-5-9-12(11)19-14/h1-9,13,18H,(H,16,17). The lowest BCUT2D eigenvalue weighted by atomic mass is 10.1. The second kappa shape index (κ2) is 5.25. The van der Waals surface area contributed by atoms with E-state index in [-0.39, 0.29) is 0 Å². The van der Waals surface area contributed by atoms with Gasteiger partial charge in [-0.1, -0.05) is 42.5 Å². The maximum Gasteiger partial charge on any atom is 0.203 e. The molecule has 2 unspecified atom stereocenters. The van der Waals surface area contributed by atoms with E-state index in [2.05, 4.69) is 4.98 Å². The van der Waals surface area contributed by atoms with Crippen molar-refractivity contribution in [2.24, 2.45) is 0 Å². The summed E-state index contributed by atoms with van der Waals surface area (Å²) in [5, 5.41) is 0.707. The molecule has 1 N–H and O–H groups in total. The minimum Gasteiger partial charge on any atom is -0.346 e. The SMILES string of the molecule is O=[PH](O)C(c1ccccc1)c1nc2ccccc2s1. The van der Waals surface area contributed by atoms with E-state index in [0.29, 0.717) is 5.01 Å². The normalized spacial score (nSPS) is 14.4. The number of nitrogens with zero attached hydrogens (tertiary/aromatic N) is 1. The highest BCUT2D eigenvalue weighted by Gasteiger charge is 2.23. The first-order valence-corrected chi connectivity index (χ1v) is 8.14. The van der Waals surface area contributed by atoms with Crippen LogP contribution in [0.15, 0.2) is 54.6 Å². The van der Waals surface area contributed by atoms with Gasteiger partial charge in [0, 0.05) is 0 Å². The lowest BCUT2D eigenvalue weighted by Gasteiger charge is -2.10. The molecular weight excluding hydrogens is 277 g/mol. The van der Waals surface area contributed by atoms with Crippen LogP contribution in [0.4, 0.5) is 0 Å². The molecule has 0 spiro atoms. The minimum atomic E-state index is -2.73. The van der Waals surface area contributed by atoms with Gasteiger partial charge < -0.3 is 4.89 Å². The van der Waals surface area contributed by atoms with Crippen LogP contribution < -0.4 is 0 Å². The summed E-state index contributed by atoms with van der Waals surface area (Å²) >= 11 is 1.48. The van der Waals surface area contributed by atoms with Crippen LogP contribution >= 0.6 is 19.4 Å². The Morgan fingerprint density at radius 2 is 1.74 bits per heavy atom. The van der Waals surface area contributed by atoms with Crippen molar-refractivity contribution in [2.75, 3.05) is 0 Å². The molecule has 0 saturated carbocycles. The second-order valence-electron chi connectivity index (χ2n) is 4.20. The maximum atomic E-state index is 11.7. The summed E-state index contributed by atoms with van der Waals surface area (Å²) in [6.45, 7) is 0. The van der Waals surface area contributed by atoms with Crippen molar-refractivity contribution in [1.29, 1.82) is 0 Å². The van der Waals surface area contributed by atoms with Crippen LogP contribution in [0.3, 0.4) is 0 Å². The Morgan fingerprint density at radius 1 is 1.05 bits per heavy atom. The molecule has 19 heavy (non-hydrogen) atoms. The van der Waals surface area contributed by atoms with Gasteiger partial charge in [0.15, 0.2) is 0 Å². The topological polar surface area (TPSA) is 50.2 Å². The van der Waals surface area contributed by atoms with Crippen molar-refractivity contribution in [3.05, 3.63) is 65.2 Å². The predicted molar refractivity (Wildman–Crippen MR) is 79.1 cm³/mol. The number of hydrogen-bond donors (Lipinski definition) is 1. The Morgan fingerprint density at radius 3 is 2.42 bits per heavy atom. The molecule has 3 rings (SSSR count). The van der Waals surface area contributed by atoms with E-state index in [1.54, 1.807) is 0 Å². The highest BCUT2D eigenvalue weighted by Crippen LogP contribution is 2.45. The van der Waals surface area contributed by atoms with Crippen LogP contribution in [0.1, 0.15) is 16.2 Å². The Hall–Kier alpha value is -1.48. The van der Waals surface area contributed by atoms with Gasteiger partial charge in [-0.3, -0.25) is 4.57 Å². The molecule has 0 bridgehead atoms. The van der Waals surface area contributed by atoms with Gasteiger partial charge in [0.1, 0.15) is 10.7 Å². The first-order valence-electron chi connectivity index (χ1n) is 5.89. The zero-order valence-electron chi connectivity index (χ0n) is 9.98. The van der Waals surface area contributed by atoms with Gasteiger partial charge in [0.25, 0.3) is 0 Å². The van der Waals surface area contributed by atoms with Crippen molar-refractivity contribution in [3.8, 4) is 0 Å². The molecule has 3 aromatic rings. The van der Waals surface area contributed by atoms with Crippen molar-refractivity contribution >= 4 is 29.6 Å². The molecular formula is C14H12NO2PS. The Bertz CT molecular complexity index is 693. The van der Waals surface area contributed by atoms with E-state index in [1.165, 1.54) is 11.3 Å². The summed E-state index contributed by atoms with van der Waals surface area (Å²) in [5.41, 5.74) is 1.21. The molecule has 1 aromatic heterocycles. The molecule has 0 saturated heterocycles. The van der Waals surface area contributed by atoms with Gasteiger partial charge in [-0.05, 0) is 17.7 Å². The van der Waals surface area contributed by atoms with Gasteiger partial charge in [-0.25, -0.2) is 4.98 Å². The average Bonchev–Trinajstić information content (AvgIpc) is 2.82. The first-order chi connectivity index (χ1) is 9.25. The van der Waals surface area contributed by atoms with E-state index in [4.69, 9.17) is 0 Å². The molecule has 3 nitrogen and oxygen atoms in total. The second-order valence-corrected chi connectivity index (χ2v) is 6.52. The summed E-state index contributed by atoms with van der Waals surface area (Å²) in [7, 11) is -2.73. The third-order valence-electron chi connectivity index (χ3n) is 2.94. The smallest absolute Gasteiger partial charge is 0.203 e. The van der Waals surface area contributed by atoms with Gasteiger partial charge >= 0.3 is 0 Å². The predicted octanol–water partition coefficient (Wildman–Crippen LogP) is 3.85. The lowest BCUT2D eigenvalue weighted by Crippen LogP contribution is -1.95. The highest BCUT2D eigenvalue weighted by atomic mass is 32.1. The Labute approximate surface area is 115 Å². The average molecular weight is 289 g/mol. The Kier molecular flexibility index (Phi) is 3.47. The number of aromatic nitrogens is 1. The van der Waals surface area contributed by atoms with Crippen molar-refractivity contribution in [2.45, 2.75) is 5.66 Å². The first kappa shape index (κ1) is 12.5. The summed E-state index contributed by atoms with van der Waals surface area (Å²) in [5.74, 6) is 0. The lowest BCUT2D eigenvalue weighted by molar-refractivity contribution is 0.496. The van der Waals surface area contributed by atoms with Crippen LogP contribution in [0.2, 0.25) is 0 Å². The number of thiazole rings is 1. The monoisotopic (exact) mass is 289 g/mol. The molecule has 1 heterocycles. The molecule has 0 amide bonds. The molecule has 0 aliphatic carbocycles. The van der Waals surface area contributed by atoms with Crippen LogP contribution in [0, 0.1) is 0 Å². The van der Waals surface area contributed by atoms with E-state index >= 15 is 0 Å². The van der Waals surface area contributed by atoms with E-state index in [0.717, 1.165) is 15.8 Å². The summed E-state index contributed by atoms with van der Waals surface area (Å²) < 4.78 is 12.8. The molecule has 96 valence electrons. The fourth-order valence-electron chi connectivity index (χ4n) is 2.05. The minimum absolute atomic E-state index is 0.511. The third-order valence-corrected chi connectivity index (χ3v) is 5.35. The molecule has 0 fully saturated rings. The molecule has 0 aliphatic rings.